The number of amides is 2. The summed E-state index contributed by atoms with van der Waals surface area (Å²) in [7, 11) is 1.14. The number of thiazole rings is 1. The first-order valence-corrected chi connectivity index (χ1v) is 6.18. The number of nitrogens with zero attached hydrogens (tertiary/aromatic N) is 1. The van der Waals surface area contributed by atoms with Gasteiger partial charge in [-0.3, -0.25) is 4.79 Å². The van der Waals surface area contributed by atoms with Crippen molar-refractivity contribution in [2.24, 2.45) is 0 Å². The molecule has 3 N–H and O–H groups in total. The Kier molecular flexibility index (Phi) is 5.73. The number of nitrogens with one attached hydrogen (secondary N) is 2. The Hall–Kier alpha value is -2.16. The number of carboxylic acid groups (broad SMARTS) is 1. The van der Waals surface area contributed by atoms with Crippen LogP contribution in [0.1, 0.15) is 12.1 Å². The lowest BCUT2D eigenvalue weighted by Crippen LogP contribution is -2.46. The van der Waals surface area contributed by atoms with E-state index in [-0.39, 0.29) is 6.54 Å². The van der Waals surface area contributed by atoms with Crippen LogP contribution in [0.15, 0.2) is 10.9 Å². The number of esters is 1. The molecule has 8 nitrogen and oxygen atoms in total. The SMILES string of the molecule is COC(=O)C[C@H](NC(=O)NCc1cscn1)C(=O)O. The van der Waals surface area contributed by atoms with E-state index < -0.39 is 30.4 Å². The van der Waals surface area contributed by atoms with Gasteiger partial charge >= 0.3 is 18.0 Å². The molecule has 19 heavy (non-hydrogen) atoms. The van der Waals surface area contributed by atoms with Gasteiger partial charge in [-0.05, 0) is 0 Å². The van der Waals surface area contributed by atoms with Crippen LogP contribution in [-0.2, 0) is 20.9 Å². The van der Waals surface area contributed by atoms with Gasteiger partial charge in [-0.25, -0.2) is 14.6 Å². The third kappa shape index (κ3) is 5.34. The first-order chi connectivity index (χ1) is 9.02. The third-order valence-corrected chi connectivity index (χ3v) is 2.75. The fraction of sp³-hybridized carbons (Fsp3) is 0.400. The zero-order valence-electron chi connectivity index (χ0n) is 10.1. The van der Waals surface area contributed by atoms with Gasteiger partial charge in [-0.1, -0.05) is 0 Å². The molecule has 1 heterocycles. The second-order valence-corrected chi connectivity index (χ2v) is 4.20. The second-order valence-electron chi connectivity index (χ2n) is 3.48. The van der Waals surface area contributed by atoms with Crippen LogP contribution in [0.25, 0.3) is 0 Å². The van der Waals surface area contributed by atoms with Crippen molar-refractivity contribution in [1.82, 2.24) is 15.6 Å². The van der Waals surface area contributed by atoms with E-state index in [1.807, 2.05) is 0 Å². The van der Waals surface area contributed by atoms with E-state index in [1.165, 1.54) is 11.3 Å². The first kappa shape index (κ1) is 14.9. The smallest absolute Gasteiger partial charge is 0.326 e. The van der Waals surface area contributed by atoms with Gasteiger partial charge in [0, 0.05) is 5.38 Å². The molecule has 2 amide bonds. The van der Waals surface area contributed by atoms with Crippen molar-refractivity contribution in [1.29, 1.82) is 0 Å². The van der Waals surface area contributed by atoms with Crippen LogP contribution in [0.2, 0.25) is 0 Å². The molecule has 0 aliphatic carbocycles. The number of ether oxygens (including phenoxy) is 1. The van der Waals surface area contributed by atoms with Crippen LogP contribution in [0.3, 0.4) is 0 Å². The third-order valence-electron chi connectivity index (χ3n) is 2.12. The maximum Gasteiger partial charge on any atom is 0.326 e. The molecule has 1 aromatic rings. The van der Waals surface area contributed by atoms with Crippen LogP contribution in [0.4, 0.5) is 4.79 Å². The number of hydrogen-bond acceptors (Lipinski definition) is 6. The van der Waals surface area contributed by atoms with Crippen molar-refractivity contribution < 1.29 is 24.2 Å². The van der Waals surface area contributed by atoms with Gasteiger partial charge in [0.1, 0.15) is 6.04 Å². The standard InChI is InChI=1S/C10H13N3O5S/c1-18-8(14)2-7(9(15)16)13-10(17)11-3-6-4-19-5-12-6/h4-5,7H,2-3H2,1H3,(H,15,16)(H2,11,13,17)/t7-/m0/s1. The molecular weight excluding hydrogens is 274 g/mol. The van der Waals surface area contributed by atoms with E-state index >= 15 is 0 Å². The molecule has 104 valence electrons. The van der Waals surface area contributed by atoms with Crippen LogP contribution >= 0.6 is 11.3 Å². The minimum Gasteiger partial charge on any atom is -0.480 e. The van der Waals surface area contributed by atoms with E-state index in [0.717, 1.165) is 7.11 Å². The summed E-state index contributed by atoms with van der Waals surface area (Å²) in [5.74, 6) is -2.03. The molecule has 0 saturated heterocycles. The van der Waals surface area contributed by atoms with Gasteiger partial charge in [-0.15, -0.1) is 11.3 Å². The zero-order chi connectivity index (χ0) is 14.3. The fourth-order valence-corrected chi connectivity index (χ4v) is 1.71. The summed E-state index contributed by atoms with van der Waals surface area (Å²) in [6, 6.07) is -2.02. The number of urea groups is 1. The van der Waals surface area contributed by atoms with Crippen LogP contribution < -0.4 is 10.6 Å². The highest BCUT2D eigenvalue weighted by Gasteiger charge is 2.23. The molecule has 1 rings (SSSR count). The molecule has 1 atom stereocenters. The van der Waals surface area contributed by atoms with Crippen molar-refractivity contribution >= 4 is 29.3 Å². The number of aromatic nitrogens is 1. The lowest BCUT2D eigenvalue weighted by Gasteiger charge is -2.13. The maximum atomic E-state index is 11.5. The topological polar surface area (TPSA) is 118 Å². The van der Waals surface area contributed by atoms with E-state index in [1.54, 1.807) is 10.9 Å². The quantitative estimate of drug-likeness (QED) is 0.632. The molecule has 0 unspecified atom stereocenters. The fourth-order valence-electron chi connectivity index (χ4n) is 1.16. The highest BCUT2D eigenvalue weighted by Crippen LogP contribution is 2.00. The molecule has 0 bridgehead atoms. The molecule has 0 aromatic carbocycles. The second kappa shape index (κ2) is 7.31. The molecular formula is C10H13N3O5S. The normalized spacial score (nSPS) is 11.4. The van der Waals surface area contributed by atoms with E-state index in [4.69, 9.17) is 5.11 Å². The van der Waals surface area contributed by atoms with Crippen molar-refractivity contribution in [2.45, 2.75) is 19.0 Å². The Morgan fingerprint density at radius 1 is 1.53 bits per heavy atom. The number of carboxylic acids is 1. The number of hydrogen-bond donors (Lipinski definition) is 3. The summed E-state index contributed by atoms with van der Waals surface area (Å²) in [6.45, 7) is 0.180. The maximum absolute atomic E-state index is 11.5. The van der Waals surface area contributed by atoms with Crippen molar-refractivity contribution in [3.63, 3.8) is 0 Å². The summed E-state index contributed by atoms with van der Waals surface area (Å²) in [4.78, 5) is 37.3. The highest BCUT2D eigenvalue weighted by molar-refractivity contribution is 7.07. The summed E-state index contributed by atoms with van der Waals surface area (Å²) < 4.78 is 4.35. The number of rotatable bonds is 6. The Morgan fingerprint density at radius 3 is 2.79 bits per heavy atom. The largest absolute Gasteiger partial charge is 0.480 e. The highest BCUT2D eigenvalue weighted by atomic mass is 32.1. The molecule has 9 heteroatoms. The summed E-state index contributed by atoms with van der Waals surface area (Å²) in [5, 5.41) is 15.2. The van der Waals surface area contributed by atoms with Gasteiger partial charge in [0.2, 0.25) is 0 Å². The number of carbonyl (C=O) groups excluding carboxylic acids is 2. The van der Waals surface area contributed by atoms with E-state index in [2.05, 4.69) is 20.4 Å². The zero-order valence-corrected chi connectivity index (χ0v) is 10.9. The monoisotopic (exact) mass is 287 g/mol. The molecule has 0 aliphatic rings. The minimum atomic E-state index is -1.33. The molecule has 0 spiro atoms. The van der Waals surface area contributed by atoms with Crippen molar-refractivity contribution in [2.75, 3.05) is 7.11 Å². The van der Waals surface area contributed by atoms with Gasteiger partial charge in [-0.2, -0.15) is 0 Å². The van der Waals surface area contributed by atoms with Crippen LogP contribution in [-0.4, -0.2) is 41.2 Å². The predicted octanol–water partition coefficient (Wildman–Crippen LogP) is -0.0414. The molecule has 0 fully saturated rings. The lowest BCUT2D eigenvalue weighted by atomic mass is 10.2. The van der Waals surface area contributed by atoms with E-state index in [0.29, 0.717) is 5.69 Å². The minimum absolute atomic E-state index is 0.180. The van der Waals surface area contributed by atoms with Gasteiger partial charge in [0.25, 0.3) is 0 Å². The average Bonchev–Trinajstić information content (AvgIpc) is 2.88. The lowest BCUT2D eigenvalue weighted by molar-refractivity contribution is -0.147. The van der Waals surface area contributed by atoms with Crippen LogP contribution in [0.5, 0.6) is 0 Å². The molecule has 0 aliphatic heterocycles. The average molecular weight is 287 g/mol. The van der Waals surface area contributed by atoms with Crippen molar-refractivity contribution in [3.05, 3.63) is 16.6 Å². The molecule has 1 aromatic heterocycles. The molecule has 0 saturated carbocycles. The van der Waals surface area contributed by atoms with Crippen LogP contribution in [0, 0.1) is 0 Å². The summed E-state index contributed by atoms with van der Waals surface area (Å²) in [6.07, 6.45) is -0.435. The number of methoxy groups -OCH3 is 1. The van der Waals surface area contributed by atoms with E-state index in [9.17, 15) is 14.4 Å². The summed E-state index contributed by atoms with van der Waals surface area (Å²) >= 11 is 1.38. The number of carbonyl (C=O) groups is 3. The Bertz CT molecular complexity index is 448. The molecule has 0 radical (unpaired) electrons. The predicted molar refractivity (Wildman–Crippen MR) is 65.5 cm³/mol. The van der Waals surface area contributed by atoms with Crippen molar-refractivity contribution in [3.8, 4) is 0 Å². The summed E-state index contributed by atoms with van der Waals surface area (Å²) in [5.41, 5.74) is 2.28. The number of aliphatic carboxylic acids is 1. The van der Waals surface area contributed by atoms with Gasteiger partial charge < -0.3 is 20.5 Å². The Labute approximate surface area is 112 Å². The van der Waals surface area contributed by atoms with Gasteiger partial charge in [0.15, 0.2) is 0 Å². The van der Waals surface area contributed by atoms with Gasteiger partial charge in [0.05, 0.1) is 31.3 Å². The Balaban J connectivity index is 2.42. The Morgan fingerprint density at radius 2 is 2.26 bits per heavy atom. The first-order valence-electron chi connectivity index (χ1n) is 5.24.